The van der Waals surface area contributed by atoms with Crippen molar-refractivity contribution in [2.45, 2.75) is 6.16 Å². The molecule has 0 bridgehead atoms. The molecule has 0 aliphatic rings. The normalized spacial score (nSPS) is 10.2. The molecule has 1 heterocycles. The summed E-state index contributed by atoms with van der Waals surface area (Å²) in [7, 11) is -4.04. The van der Waals surface area contributed by atoms with E-state index in [0.717, 1.165) is 11.1 Å². The third kappa shape index (κ3) is 6.67. The van der Waals surface area contributed by atoms with Crippen LogP contribution in [0.5, 0.6) is 0 Å². The van der Waals surface area contributed by atoms with Crippen molar-refractivity contribution in [2.75, 3.05) is 0 Å². The Kier molecular flexibility index (Phi) is 8.97. The molecular formula is C12H14NNa2O3P. The summed E-state index contributed by atoms with van der Waals surface area (Å²) < 4.78 is 10.8. The fraction of sp³-hybridized carbons (Fsp3) is 0.0833. The molecule has 0 spiro atoms. The minimum absolute atomic E-state index is 0. The summed E-state index contributed by atoms with van der Waals surface area (Å²) in [4.78, 5) is 21.7. The van der Waals surface area contributed by atoms with Gasteiger partial charge in [-0.3, -0.25) is 9.55 Å². The maximum absolute atomic E-state index is 10.8. The molecule has 7 heteroatoms. The van der Waals surface area contributed by atoms with Crippen LogP contribution in [0.2, 0.25) is 0 Å². The zero-order valence-corrected chi connectivity index (χ0v) is 9.92. The molecule has 92 valence electrons. The van der Waals surface area contributed by atoms with Gasteiger partial charge in [-0.05, 0) is 11.6 Å². The van der Waals surface area contributed by atoms with Gasteiger partial charge in [-0.15, -0.1) is 0 Å². The van der Waals surface area contributed by atoms with Gasteiger partial charge < -0.3 is 9.79 Å². The summed E-state index contributed by atoms with van der Waals surface area (Å²) in [6, 6.07) is 13.2. The Bertz CT molecular complexity index is 543. The molecule has 0 unspecified atom stereocenters. The predicted octanol–water partition coefficient (Wildman–Crippen LogP) is 1.13. The Balaban J connectivity index is 0.00000162. The Morgan fingerprint density at radius 3 is 2.05 bits per heavy atom. The van der Waals surface area contributed by atoms with Crippen LogP contribution in [0.25, 0.3) is 11.1 Å². The van der Waals surface area contributed by atoms with Gasteiger partial charge in [-0.25, -0.2) is 0 Å². The monoisotopic (exact) mass is 297 g/mol. The van der Waals surface area contributed by atoms with E-state index in [1.807, 2.05) is 36.4 Å². The number of hydrogen-bond acceptors (Lipinski definition) is 2. The molecule has 2 aromatic rings. The van der Waals surface area contributed by atoms with Crippen molar-refractivity contribution in [3.63, 3.8) is 0 Å². The molecule has 0 saturated heterocycles. The molecular weight excluding hydrogens is 283 g/mol. The van der Waals surface area contributed by atoms with E-state index in [4.69, 9.17) is 9.79 Å². The van der Waals surface area contributed by atoms with Crippen LogP contribution in [0.3, 0.4) is 0 Å². The first-order valence-electron chi connectivity index (χ1n) is 5.09. The minimum atomic E-state index is -4.04. The van der Waals surface area contributed by atoms with Gasteiger partial charge in [-0.1, -0.05) is 36.4 Å². The van der Waals surface area contributed by atoms with Crippen LogP contribution < -0.4 is 0 Å². The van der Waals surface area contributed by atoms with Crippen molar-refractivity contribution >= 4 is 66.7 Å². The van der Waals surface area contributed by atoms with E-state index < -0.39 is 7.60 Å². The fourth-order valence-electron chi connectivity index (χ4n) is 1.53. The van der Waals surface area contributed by atoms with E-state index in [1.165, 1.54) is 0 Å². The zero-order chi connectivity index (χ0) is 12.3. The summed E-state index contributed by atoms with van der Waals surface area (Å²) in [5.41, 5.74) is 2.36. The van der Waals surface area contributed by atoms with Crippen LogP contribution in [0.4, 0.5) is 0 Å². The van der Waals surface area contributed by atoms with Gasteiger partial charge in [-0.2, -0.15) is 0 Å². The van der Waals surface area contributed by atoms with Gasteiger partial charge in [0.2, 0.25) is 0 Å². The molecule has 0 aliphatic heterocycles. The Morgan fingerprint density at radius 2 is 1.58 bits per heavy atom. The van der Waals surface area contributed by atoms with Crippen molar-refractivity contribution in [3.05, 3.63) is 54.4 Å². The van der Waals surface area contributed by atoms with E-state index in [9.17, 15) is 4.57 Å². The molecule has 19 heavy (non-hydrogen) atoms. The van der Waals surface area contributed by atoms with Crippen LogP contribution >= 0.6 is 7.60 Å². The first-order valence-corrected chi connectivity index (χ1v) is 6.89. The molecule has 2 N–H and O–H groups in total. The molecule has 0 amide bonds. The first-order chi connectivity index (χ1) is 8.04. The van der Waals surface area contributed by atoms with Crippen LogP contribution in [0.15, 0.2) is 48.7 Å². The number of pyridine rings is 1. The summed E-state index contributed by atoms with van der Waals surface area (Å²) in [5.74, 6) is 0. The standard InChI is InChI=1S/C12H12NO3P.2Na.2H/c14-17(15,16)9-12-7-6-11(8-13-12)10-4-2-1-3-5-10;;;;/h1-8H,9H2,(H2,14,15,16);;;;. The van der Waals surface area contributed by atoms with E-state index in [0.29, 0.717) is 5.69 Å². The molecule has 1 aromatic heterocycles. The molecule has 0 atom stereocenters. The Labute approximate surface area is 156 Å². The Morgan fingerprint density at radius 1 is 0.947 bits per heavy atom. The third-order valence-electron chi connectivity index (χ3n) is 2.30. The molecule has 0 fully saturated rings. The Hall–Kier alpha value is 0.520. The van der Waals surface area contributed by atoms with E-state index in [-0.39, 0.29) is 65.3 Å². The summed E-state index contributed by atoms with van der Waals surface area (Å²) in [6.45, 7) is 0. The SMILES string of the molecule is O=P(O)(O)Cc1ccc(-c2ccccc2)cn1.[NaH].[NaH]. The number of hydrogen-bond donors (Lipinski definition) is 2. The van der Waals surface area contributed by atoms with E-state index >= 15 is 0 Å². The van der Waals surface area contributed by atoms with Crippen molar-refractivity contribution in [2.24, 2.45) is 0 Å². The second kappa shape index (κ2) is 8.73. The third-order valence-corrected chi connectivity index (χ3v) is 3.04. The predicted molar refractivity (Wildman–Crippen MR) is 79.7 cm³/mol. The molecule has 0 aliphatic carbocycles. The number of rotatable bonds is 3. The average molecular weight is 297 g/mol. The quantitative estimate of drug-likeness (QED) is 0.658. The van der Waals surface area contributed by atoms with Crippen molar-refractivity contribution < 1.29 is 14.4 Å². The zero-order valence-electron chi connectivity index (χ0n) is 9.02. The maximum atomic E-state index is 10.8. The van der Waals surface area contributed by atoms with Crippen molar-refractivity contribution in [1.82, 2.24) is 4.98 Å². The number of aromatic nitrogens is 1. The second-order valence-corrected chi connectivity index (χ2v) is 5.37. The first kappa shape index (κ1) is 19.5. The van der Waals surface area contributed by atoms with Gasteiger partial charge in [0.05, 0.1) is 11.9 Å². The molecule has 0 radical (unpaired) electrons. The van der Waals surface area contributed by atoms with Crippen LogP contribution in [0, 0.1) is 0 Å². The topological polar surface area (TPSA) is 70.4 Å². The van der Waals surface area contributed by atoms with Crippen LogP contribution in [-0.4, -0.2) is 73.9 Å². The van der Waals surface area contributed by atoms with Crippen LogP contribution in [-0.2, 0) is 10.7 Å². The van der Waals surface area contributed by atoms with Crippen molar-refractivity contribution in [1.29, 1.82) is 0 Å². The van der Waals surface area contributed by atoms with Gasteiger partial charge in [0.15, 0.2) is 0 Å². The molecule has 0 saturated carbocycles. The van der Waals surface area contributed by atoms with Crippen molar-refractivity contribution in [3.8, 4) is 11.1 Å². The second-order valence-electron chi connectivity index (χ2n) is 3.73. The molecule has 1 aromatic carbocycles. The average Bonchev–Trinajstić information content (AvgIpc) is 2.29. The molecule has 4 nitrogen and oxygen atoms in total. The number of benzene rings is 1. The summed E-state index contributed by atoms with van der Waals surface area (Å²) in [5, 5.41) is 0. The molecule has 2 rings (SSSR count). The van der Waals surface area contributed by atoms with Gasteiger partial charge in [0, 0.05) is 11.8 Å². The summed E-state index contributed by atoms with van der Waals surface area (Å²) >= 11 is 0. The van der Waals surface area contributed by atoms with E-state index in [2.05, 4.69) is 4.98 Å². The van der Waals surface area contributed by atoms with Gasteiger partial charge >= 0.3 is 66.7 Å². The summed E-state index contributed by atoms with van der Waals surface area (Å²) in [6.07, 6.45) is 1.31. The van der Waals surface area contributed by atoms with E-state index in [1.54, 1.807) is 12.3 Å². The number of nitrogens with zero attached hydrogens (tertiary/aromatic N) is 1. The fourth-order valence-corrected chi connectivity index (χ4v) is 2.14. The van der Waals surface area contributed by atoms with Gasteiger partial charge in [0.1, 0.15) is 0 Å². The van der Waals surface area contributed by atoms with Gasteiger partial charge in [0.25, 0.3) is 0 Å². The van der Waals surface area contributed by atoms with Crippen LogP contribution in [0.1, 0.15) is 5.69 Å².